The molecule has 5 rings (SSSR count). The molecule has 1 amide bonds. The number of carbonyl (C=O) groups is 1. The average molecular weight is 498 g/mol. The number of nitrogens with one attached hydrogen (secondary N) is 1. The highest BCUT2D eigenvalue weighted by atomic mass is 19.1. The van der Waals surface area contributed by atoms with E-state index in [2.05, 4.69) is 10.4 Å². The summed E-state index contributed by atoms with van der Waals surface area (Å²) in [6.07, 6.45) is 4.39. The molecule has 4 aromatic rings. The summed E-state index contributed by atoms with van der Waals surface area (Å²) in [4.78, 5) is 15.0. The average Bonchev–Trinajstić information content (AvgIpc) is 3.52. The van der Waals surface area contributed by atoms with E-state index in [0.717, 1.165) is 36.8 Å². The summed E-state index contributed by atoms with van der Waals surface area (Å²) in [6, 6.07) is 8.13. The molecule has 10 heteroatoms. The Morgan fingerprint density at radius 1 is 1.06 bits per heavy atom. The minimum atomic E-state index is -1.18. The van der Waals surface area contributed by atoms with Crippen LogP contribution >= 0.6 is 0 Å². The molecule has 0 saturated carbocycles. The number of aromatic nitrogens is 2. The molecule has 1 aliphatic rings. The molecule has 0 radical (unpaired) electrons. The Morgan fingerprint density at radius 3 is 2.58 bits per heavy atom. The van der Waals surface area contributed by atoms with Crippen LogP contribution in [0.5, 0.6) is 0 Å². The Labute approximate surface area is 203 Å². The first-order valence-corrected chi connectivity index (χ1v) is 11.4. The Balaban J connectivity index is 1.45. The maximum Gasteiger partial charge on any atom is 0.255 e. The van der Waals surface area contributed by atoms with Crippen molar-refractivity contribution in [3.63, 3.8) is 0 Å². The Kier molecular flexibility index (Phi) is 6.36. The summed E-state index contributed by atoms with van der Waals surface area (Å²) in [5.74, 6) is -3.11. The molecular weight excluding hydrogens is 476 g/mol. The molecule has 186 valence electrons. The van der Waals surface area contributed by atoms with E-state index in [-0.39, 0.29) is 22.7 Å². The summed E-state index contributed by atoms with van der Waals surface area (Å²) in [7, 11) is 0. The number of amides is 1. The predicted molar refractivity (Wildman–Crippen MR) is 125 cm³/mol. The van der Waals surface area contributed by atoms with Crippen LogP contribution in [0.2, 0.25) is 0 Å². The van der Waals surface area contributed by atoms with Gasteiger partial charge < -0.3 is 15.3 Å². The molecular formula is C26H22F4N4O2. The van der Waals surface area contributed by atoms with Crippen molar-refractivity contribution in [3.8, 4) is 0 Å². The van der Waals surface area contributed by atoms with Crippen molar-refractivity contribution in [2.45, 2.75) is 24.9 Å². The van der Waals surface area contributed by atoms with Gasteiger partial charge in [0.05, 0.1) is 36.0 Å². The maximum atomic E-state index is 14.5. The SMILES string of the molecule is O=C(NC(CO)c1cc(F)ccc1F)c1cnn2ccc(N3CCC[C@@H]3c3cc(F)ccc3F)cc12. The van der Waals surface area contributed by atoms with E-state index in [1.165, 1.54) is 16.8 Å². The zero-order chi connectivity index (χ0) is 25.4. The highest BCUT2D eigenvalue weighted by Gasteiger charge is 2.29. The second-order valence-corrected chi connectivity index (χ2v) is 8.66. The third-order valence-electron chi connectivity index (χ3n) is 6.47. The van der Waals surface area contributed by atoms with Gasteiger partial charge in [0.1, 0.15) is 23.3 Å². The zero-order valence-electron chi connectivity index (χ0n) is 19.0. The summed E-state index contributed by atoms with van der Waals surface area (Å²) in [5, 5.41) is 16.4. The topological polar surface area (TPSA) is 69.9 Å². The number of hydrogen-bond acceptors (Lipinski definition) is 4. The number of pyridine rings is 1. The van der Waals surface area contributed by atoms with Gasteiger partial charge in [0.15, 0.2) is 0 Å². The van der Waals surface area contributed by atoms with Crippen LogP contribution in [0.25, 0.3) is 5.52 Å². The van der Waals surface area contributed by atoms with Gasteiger partial charge in [-0.1, -0.05) is 0 Å². The van der Waals surface area contributed by atoms with Gasteiger partial charge >= 0.3 is 0 Å². The van der Waals surface area contributed by atoms with Crippen molar-refractivity contribution in [3.05, 3.63) is 101 Å². The van der Waals surface area contributed by atoms with Crippen LogP contribution in [0.15, 0.2) is 60.9 Å². The molecule has 2 N–H and O–H groups in total. The van der Waals surface area contributed by atoms with Gasteiger partial charge in [-0.05, 0) is 61.4 Å². The van der Waals surface area contributed by atoms with Crippen LogP contribution < -0.4 is 10.2 Å². The number of nitrogens with zero attached hydrogens (tertiary/aromatic N) is 3. The van der Waals surface area contributed by atoms with Crippen LogP contribution in [0.3, 0.4) is 0 Å². The molecule has 1 aliphatic heterocycles. The largest absolute Gasteiger partial charge is 0.394 e. The maximum absolute atomic E-state index is 14.5. The lowest BCUT2D eigenvalue weighted by Crippen LogP contribution is -2.31. The van der Waals surface area contributed by atoms with Gasteiger partial charge in [0, 0.05) is 29.6 Å². The minimum absolute atomic E-state index is 0.153. The fraction of sp³-hybridized carbons (Fsp3) is 0.231. The zero-order valence-corrected chi connectivity index (χ0v) is 19.0. The third-order valence-corrected chi connectivity index (χ3v) is 6.47. The molecule has 0 aliphatic carbocycles. The van der Waals surface area contributed by atoms with E-state index in [9.17, 15) is 27.5 Å². The molecule has 6 nitrogen and oxygen atoms in total. The van der Waals surface area contributed by atoms with Crippen molar-refractivity contribution < 1.29 is 27.5 Å². The highest BCUT2D eigenvalue weighted by molar-refractivity contribution is 6.01. The number of carbonyl (C=O) groups excluding carboxylic acids is 1. The number of aliphatic hydroxyl groups excluding tert-OH is 1. The standard InChI is InChI=1S/C26H22F4N4O2/c27-15-3-5-21(29)18(10-15)23(14-35)32-26(36)20-13-31-34-9-7-17(12-25(20)34)33-8-1-2-24(33)19-11-16(28)4-6-22(19)30/h3-7,9-13,23-24,35H,1-2,8,14H2,(H,32,36)/t23?,24-/m1/s1. The van der Waals surface area contributed by atoms with E-state index >= 15 is 0 Å². The predicted octanol–water partition coefficient (Wildman–Crippen LogP) is 4.70. The number of hydrogen-bond donors (Lipinski definition) is 2. The molecule has 0 spiro atoms. The summed E-state index contributed by atoms with van der Waals surface area (Å²) in [6.45, 7) is -0.0386. The third kappa shape index (κ3) is 4.39. The number of aliphatic hydroxyl groups is 1. The number of anilines is 1. The molecule has 2 aromatic heterocycles. The van der Waals surface area contributed by atoms with E-state index < -0.39 is 41.8 Å². The normalized spacial score (nSPS) is 16.5. The van der Waals surface area contributed by atoms with Gasteiger partial charge in [-0.2, -0.15) is 5.10 Å². The lowest BCUT2D eigenvalue weighted by Gasteiger charge is -2.27. The van der Waals surface area contributed by atoms with Crippen LogP contribution in [-0.2, 0) is 0 Å². The fourth-order valence-electron chi connectivity index (χ4n) is 4.73. The first kappa shape index (κ1) is 23.8. The lowest BCUT2D eigenvalue weighted by molar-refractivity contribution is 0.0916. The molecule has 2 atom stereocenters. The number of benzene rings is 2. The summed E-state index contributed by atoms with van der Waals surface area (Å²) < 4.78 is 57.7. The van der Waals surface area contributed by atoms with Crippen LogP contribution in [0, 0.1) is 23.3 Å². The smallest absolute Gasteiger partial charge is 0.255 e. The fourth-order valence-corrected chi connectivity index (χ4v) is 4.73. The molecule has 1 unspecified atom stereocenters. The van der Waals surface area contributed by atoms with Crippen LogP contribution in [0.1, 0.15) is 46.4 Å². The van der Waals surface area contributed by atoms with E-state index in [4.69, 9.17) is 0 Å². The van der Waals surface area contributed by atoms with Gasteiger partial charge in [-0.3, -0.25) is 4.79 Å². The number of fused-ring (bicyclic) bond motifs is 1. The van der Waals surface area contributed by atoms with Gasteiger partial charge in [0.25, 0.3) is 5.91 Å². The van der Waals surface area contributed by atoms with Crippen molar-refractivity contribution in [1.29, 1.82) is 0 Å². The first-order chi connectivity index (χ1) is 17.4. The first-order valence-electron chi connectivity index (χ1n) is 11.4. The summed E-state index contributed by atoms with van der Waals surface area (Å²) in [5.41, 5.74) is 1.35. The van der Waals surface area contributed by atoms with Crippen molar-refractivity contribution >= 4 is 17.1 Å². The quantitative estimate of drug-likeness (QED) is 0.379. The molecule has 2 aromatic carbocycles. The van der Waals surface area contributed by atoms with Gasteiger partial charge in [-0.15, -0.1) is 0 Å². The van der Waals surface area contributed by atoms with Crippen molar-refractivity contribution in [2.75, 3.05) is 18.1 Å². The molecule has 3 heterocycles. The Bertz CT molecular complexity index is 1440. The second kappa shape index (κ2) is 9.62. The van der Waals surface area contributed by atoms with E-state index in [0.29, 0.717) is 24.2 Å². The van der Waals surface area contributed by atoms with Crippen LogP contribution in [0.4, 0.5) is 23.2 Å². The van der Waals surface area contributed by atoms with Gasteiger partial charge in [-0.25, -0.2) is 22.1 Å². The van der Waals surface area contributed by atoms with E-state index in [1.807, 2.05) is 4.90 Å². The van der Waals surface area contributed by atoms with Gasteiger partial charge in [0.2, 0.25) is 0 Å². The number of halogens is 4. The molecule has 1 saturated heterocycles. The summed E-state index contributed by atoms with van der Waals surface area (Å²) >= 11 is 0. The lowest BCUT2D eigenvalue weighted by atomic mass is 10.0. The highest BCUT2D eigenvalue weighted by Crippen LogP contribution is 2.38. The monoisotopic (exact) mass is 498 g/mol. The van der Waals surface area contributed by atoms with E-state index in [1.54, 1.807) is 18.3 Å². The Morgan fingerprint density at radius 2 is 1.81 bits per heavy atom. The second-order valence-electron chi connectivity index (χ2n) is 8.66. The molecule has 36 heavy (non-hydrogen) atoms. The Hall–Kier alpha value is -3.92. The molecule has 1 fully saturated rings. The minimum Gasteiger partial charge on any atom is -0.394 e. The van der Waals surface area contributed by atoms with Crippen molar-refractivity contribution in [2.24, 2.45) is 0 Å². The number of rotatable bonds is 6. The molecule has 0 bridgehead atoms. The van der Waals surface area contributed by atoms with Crippen molar-refractivity contribution in [1.82, 2.24) is 14.9 Å². The van der Waals surface area contributed by atoms with Crippen LogP contribution in [-0.4, -0.2) is 33.8 Å².